The van der Waals surface area contributed by atoms with Crippen LogP contribution in [-0.2, 0) is 0 Å². The fourth-order valence-corrected chi connectivity index (χ4v) is 1.05. The molecule has 1 unspecified atom stereocenters. The summed E-state index contributed by atoms with van der Waals surface area (Å²) in [5.74, 6) is -0.103. The Morgan fingerprint density at radius 2 is 2.43 bits per heavy atom. The van der Waals surface area contributed by atoms with Gasteiger partial charge in [0.1, 0.15) is 0 Å². The molecule has 1 atom stereocenters. The van der Waals surface area contributed by atoms with Gasteiger partial charge in [0.25, 0.3) is 5.91 Å². The predicted octanol–water partition coefficient (Wildman–Crippen LogP) is 0.467. The summed E-state index contributed by atoms with van der Waals surface area (Å²) in [6.45, 7) is 4.16. The van der Waals surface area contributed by atoms with Crippen LogP contribution in [-0.4, -0.2) is 23.5 Å². The van der Waals surface area contributed by atoms with Gasteiger partial charge in [-0.15, -0.1) is 0 Å². The van der Waals surface area contributed by atoms with Gasteiger partial charge >= 0.3 is 0 Å². The van der Waals surface area contributed by atoms with Crippen molar-refractivity contribution in [3.8, 4) is 0 Å². The maximum absolute atomic E-state index is 11.6. The van der Waals surface area contributed by atoms with Crippen molar-refractivity contribution >= 4 is 5.91 Å². The summed E-state index contributed by atoms with van der Waals surface area (Å²) in [5.41, 5.74) is 6.86. The number of carbonyl (C=O) groups is 1. The summed E-state index contributed by atoms with van der Waals surface area (Å²) in [7, 11) is 0. The quantitative estimate of drug-likeness (QED) is 0.733. The molecule has 1 heterocycles. The van der Waals surface area contributed by atoms with E-state index in [9.17, 15) is 4.79 Å². The number of amides is 1. The van der Waals surface area contributed by atoms with Crippen LogP contribution in [0, 0.1) is 6.92 Å². The first-order valence-corrected chi connectivity index (χ1v) is 4.57. The Kier molecular flexibility index (Phi) is 3.59. The molecule has 1 aromatic rings. The Bertz CT molecular complexity index is 325. The van der Waals surface area contributed by atoms with E-state index in [-0.39, 0.29) is 11.9 Å². The van der Waals surface area contributed by atoms with E-state index < -0.39 is 0 Å². The molecule has 0 aliphatic rings. The molecule has 4 heteroatoms. The maximum Gasteiger partial charge on any atom is 0.251 e. The minimum atomic E-state index is -0.103. The highest BCUT2D eigenvalue weighted by Gasteiger charge is 2.08. The molecule has 0 fully saturated rings. The molecule has 0 saturated carbocycles. The van der Waals surface area contributed by atoms with E-state index in [1.807, 2.05) is 13.8 Å². The molecule has 1 amide bonds. The number of hydrogen-bond acceptors (Lipinski definition) is 3. The standard InChI is InChI=1S/C10H15N3O/c1-7-5-9(3-4-12-7)10(14)13-8(2)6-11/h3-5,8H,6,11H2,1-2H3,(H,13,14). The van der Waals surface area contributed by atoms with Crippen molar-refractivity contribution in [3.05, 3.63) is 29.6 Å². The van der Waals surface area contributed by atoms with Crippen molar-refractivity contribution in [1.29, 1.82) is 0 Å². The summed E-state index contributed by atoms with van der Waals surface area (Å²) in [5, 5.41) is 2.78. The summed E-state index contributed by atoms with van der Waals surface area (Å²) in [6, 6.07) is 3.43. The van der Waals surface area contributed by atoms with Gasteiger partial charge in [0.15, 0.2) is 0 Å². The number of hydrogen-bond donors (Lipinski definition) is 2. The van der Waals surface area contributed by atoms with Crippen molar-refractivity contribution in [2.75, 3.05) is 6.54 Å². The number of rotatable bonds is 3. The van der Waals surface area contributed by atoms with Gasteiger partial charge in [-0.2, -0.15) is 0 Å². The Balaban J connectivity index is 2.70. The van der Waals surface area contributed by atoms with Gasteiger partial charge in [0, 0.05) is 30.0 Å². The molecule has 0 radical (unpaired) electrons. The molecule has 1 aromatic heterocycles. The van der Waals surface area contributed by atoms with E-state index in [0.717, 1.165) is 5.69 Å². The molecular weight excluding hydrogens is 178 g/mol. The van der Waals surface area contributed by atoms with Crippen LogP contribution in [0.15, 0.2) is 18.3 Å². The Morgan fingerprint density at radius 1 is 1.71 bits per heavy atom. The molecule has 1 rings (SSSR count). The van der Waals surface area contributed by atoms with E-state index in [1.165, 1.54) is 0 Å². The molecule has 0 aliphatic carbocycles. The van der Waals surface area contributed by atoms with Gasteiger partial charge in [-0.25, -0.2) is 0 Å². The van der Waals surface area contributed by atoms with E-state index >= 15 is 0 Å². The zero-order chi connectivity index (χ0) is 10.6. The van der Waals surface area contributed by atoms with Crippen LogP contribution in [0.1, 0.15) is 23.0 Å². The van der Waals surface area contributed by atoms with Gasteiger partial charge in [0.2, 0.25) is 0 Å². The van der Waals surface area contributed by atoms with Gasteiger partial charge < -0.3 is 11.1 Å². The van der Waals surface area contributed by atoms with Crippen LogP contribution < -0.4 is 11.1 Å². The maximum atomic E-state index is 11.6. The zero-order valence-corrected chi connectivity index (χ0v) is 8.45. The summed E-state index contributed by atoms with van der Waals surface area (Å²) in [6.07, 6.45) is 1.62. The van der Waals surface area contributed by atoms with Crippen molar-refractivity contribution in [3.63, 3.8) is 0 Å². The van der Waals surface area contributed by atoms with Gasteiger partial charge in [-0.05, 0) is 26.0 Å². The number of nitrogens with zero attached hydrogens (tertiary/aromatic N) is 1. The molecule has 0 spiro atoms. The van der Waals surface area contributed by atoms with Crippen LogP contribution in [0.4, 0.5) is 0 Å². The molecule has 0 bridgehead atoms. The largest absolute Gasteiger partial charge is 0.348 e. The third-order valence-electron chi connectivity index (χ3n) is 1.89. The van der Waals surface area contributed by atoms with Gasteiger partial charge in [-0.3, -0.25) is 9.78 Å². The molecular formula is C10H15N3O. The first-order valence-electron chi connectivity index (χ1n) is 4.57. The van der Waals surface area contributed by atoms with Crippen LogP contribution in [0.25, 0.3) is 0 Å². The normalized spacial score (nSPS) is 12.2. The second-order valence-corrected chi connectivity index (χ2v) is 3.30. The number of nitrogens with one attached hydrogen (secondary N) is 1. The Morgan fingerprint density at radius 3 is 3.00 bits per heavy atom. The molecule has 3 N–H and O–H groups in total. The number of pyridine rings is 1. The molecule has 0 saturated heterocycles. The van der Waals surface area contributed by atoms with Crippen LogP contribution in [0.3, 0.4) is 0 Å². The van der Waals surface area contributed by atoms with Gasteiger partial charge in [0.05, 0.1) is 0 Å². The topological polar surface area (TPSA) is 68.0 Å². The number of carbonyl (C=O) groups excluding carboxylic acids is 1. The second-order valence-electron chi connectivity index (χ2n) is 3.30. The highest BCUT2D eigenvalue weighted by atomic mass is 16.1. The number of aromatic nitrogens is 1. The fraction of sp³-hybridized carbons (Fsp3) is 0.400. The van der Waals surface area contributed by atoms with E-state index in [2.05, 4.69) is 10.3 Å². The molecule has 0 aliphatic heterocycles. The summed E-state index contributed by atoms with van der Waals surface area (Å²) >= 11 is 0. The highest BCUT2D eigenvalue weighted by molar-refractivity contribution is 5.94. The number of nitrogens with two attached hydrogens (primary N) is 1. The molecule has 14 heavy (non-hydrogen) atoms. The average molecular weight is 193 g/mol. The first kappa shape index (κ1) is 10.7. The van der Waals surface area contributed by atoms with E-state index in [4.69, 9.17) is 5.73 Å². The third-order valence-corrected chi connectivity index (χ3v) is 1.89. The summed E-state index contributed by atoms with van der Waals surface area (Å²) < 4.78 is 0. The average Bonchev–Trinajstić information content (AvgIpc) is 2.17. The third kappa shape index (κ3) is 2.81. The lowest BCUT2D eigenvalue weighted by Gasteiger charge is -2.11. The van der Waals surface area contributed by atoms with Crippen molar-refractivity contribution in [1.82, 2.24) is 10.3 Å². The lowest BCUT2D eigenvalue weighted by atomic mass is 10.2. The lowest BCUT2D eigenvalue weighted by Crippen LogP contribution is -2.37. The lowest BCUT2D eigenvalue weighted by molar-refractivity contribution is 0.0941. The summed E-state index contributed by atoms with van der Waals surface area (Å²) in [4.78, 5) is 15.6. The predicted molar refractivity (Wildman–Crippen MR) is 55.0 cm³/mol. The van der Waals surface area contributed by atoms with Gasteiger partial charge in [-0.1, -0.05) is 0 Å². The van der Waals surface area contributed by atoms with Crippen LogP contribution in [0.2, 0.25) is 0 Å². The van der Waals surface area contributed by atoms with Crippen LogP contribution >= 0.6 is 0 Å². The molecule has 4 nitrogen and oxygen atoms in total. The van der Waals surface area contributed by atoms with Crippen molar-refractivity contribution in [2.24, 2.45) is 5.73 Å². The Hall–Kier alpha value is -1.42. The van der Waals surface area contributed by atoms with E-state index in [0.29, 0.717) is 12.1 Å². The highest BCUT2D eigenvalue weighted by Crippen LogP contribution is 2.00. The fourth-order valence-electron chi connectivity index (χ4n) is 1.05. The van der Waals surface area contributed by atoms with Crippen LogP contribution in [0.5, 0.6) is 0 Å². The SMILES string of the molecule is Cc1cc(C(=O)NC(C)CN)ccn1. The Labute approximate surface area is 83.5 Å². The monoisotopic (exact) mass is 193 g/mol. The van der Waals surface area contributed by atoms with Crippen molar-refractivity contribution < 1.29 is 4.79 Å². The minimum Gasteiger partial charge on any atom is -0.348 e. The minimum absolute atomic E-state index is 0.00373. The second kappa shape index (κ2) is 4.72. The van der Waals surface area contributed by atoms with Crippen molar-refractivity contribution in [2.45, 2.75) is 19.9 Å². The number of aryl methyl sites for hydroxylation is 1. The zero-order valence-electron chi connectivity index (χ0n) is 8.45. The molecule has 76 valence electrons. The van der Waals surface area contributed by atoms with E-state index in [1.54, 1.807) is 18.3 Å². The smallest absolute Gasteiger partial charge is 0.251 e. The first-order chi connectivity index (χ1) is 6.63. The molecule has 0 aromatic carbocycles.